The van der Waals surface area contributed by atoms with Crippen molar-refractivity contribution in [1.82, 2.24) is 29.9 Å². The molecule has 2 aromatic heterocycles. The van der Waals surface area contributed by atoms with E-state index >= 15 is 0 Å². The largest absolute Gasteiger partial charge is 0.349 e. The lowest BCUT2D eigenvalue weighted by Gasteiger charge is -2.01. The van der Waals surface area contributed by atoms with Crippen LogP contribution in [0.1, 0.15) is 12.1 Å². The van der Waals surface area contributed by atoms with Crippen LogP contribution in [0.3, 0.4) is 0 Å². The van der Waals surface area contributed by atoms with E-state index in [1.165, 1.54) is 0 Å². The summed E-state index contributed by atoms with van der Waals surface area (Å²) in [7, 11) is 0. The minimum Gasteiger partial charge on any atom is -0.349 e. The predicted octanol–water partition coefficient (Wildman–Crippen LogP) is -0.860. The summed E-state index contributed by atoms with van der Waals surface area (Å²) in [6.07, 6.45) is 8.23. The van der Waals surface area contributed by atoms with Crippen LogP contribution in [0.25, 0.3) is 0 Å². The number of hydrogen-bond donors (Lipinski definition) is 2. The third-order valence-corrected chi connectivity index (χ3v) is 2.60. The lowest BCUT2D eigenvalue weighted by atomic mass is 10.4. The Hall–Kier alpha value is -2.22. The Morgan fingerprint density at radius 1 is 1.42 bits per heavy atom. The topological polar surface area (TPSA) is 104 Å². The highest BCUT2D eigenvalue weighted by atomic mass is 16.1. The van der Waals surface area contributed by atoms with Crippen LogP contribution in [-0.2, 0) is 24.4 Å². The van der Waals surface area contributed by atoms with Crippen molar-refractivity contribution in [3.63, 3.8) is 0 Å². The van der Waals surface area contributed by atoms with Crippen molar-refractivity contribution < 1.29 is 4.79 Å². The quantitative estimate of drug-likeness (QED) is 0.676. The van der Waals surface area contributed by atoms with Crippen molar-refractivity contribution in [2.24, 2.45) is 5.73 Å². The zero-order valence-corrected chi connectivity index (χ0v) is 10.6. The van der Waals surface area contributed by atoms with E-state index < -0.39 is 0 Å². The molecule has 0 aliphatic rings. The number of amides is 1. The summed E-state index contributed by atoms with van der Waals surface area (Å²) < 4.78 is 3.78. The van der Waals surface area contributed by atoms with Gasteiger partial charge in [-0.05, 0) is 6.42 Å². The lowest BCUT2D eigenvalue weighted by molar-refractivity contribution is -0.119. The molecule has 102 valence electrons. The van der Waals surface area contributed by atoms with Crippen molar-refractivity contribution in [2.75, 3.05) is 6.54 Å². The Morgan fingerprint density at radius 3 is 3.05 bits per heavy atom. The lowest BCUT2D eigenvalue weighted by Crippen LogP contribution is -2.29. The maximum atomic E-state index is 11.0. The van der Waals surface area contributed by atoms with Gasteiger partial charge in [-0.1, -0.05) is 5.21 Å². The van der Waals surface area contributed by atoms with Crippen LogP contribution in [0.15, 0.2) is 24.9 Å². The van der Waals surface area contributed by atoms with Crippen LogP contribution >= 0.6 is 0 Å². The van der Waals surface area contributed by atoms with Gasteiger partial charge in [0.2, 0.25) is 5.91 Å². The van der Waals surface area contributed by atoms with Crippen molar-refractivity contribution in [3.8, 4) is 0 Å². The molecule has 0 atom stereocenters. The number of nitrogens with one attached hydrogen (secondary N) is 1. The number of nitrogens with two attached hydrogens (primary N) is 1. The van der Waals surface area contributed by atoms with Gasteiger partial charge in [0.05, 0.1) is 25.6 Å². The molecule has 1 amide bonds. The van der Waals surface area contributed by atoms with E-state index in [0.717, 1.165) is 25.2 Å². The molecular formula is C11H17N7O. The van der Waals surface area contributed by atoms with Crippen LogP contribution in [0.5, 0.6) is 0 Å². The molecule has 0 radical (unpaired) electrons. The van der Waals surface area contributed by atoms with Gasteiger partial charge in [-0.3, -0.25) is 9.48 Å². The molecule has 0 aliphatic carbocycles. The van der Waals surface area contributed by atoms with Gasteiger partial charge in [-0.2, -0.15) is 0 Å². The monoisotopic (exact) mass is 263 g/mol. The molecular weight excluding hydrogens is 246 g/mol. The van der Waals surface area contributed by atoms with E-state index in [-0.39, 0.29) is 12.5 Å². The minimum absolute atomic E-state index is 0.0148. The number of imidazole rings is 1. The summed E-state index contributed by atoms with van der Waals surface area (Å²) in [5.41, 5.74) is 5.92. The Balaban J connectivity index is 1.73. The van der Waals surface area contributed by atoms with E-state index in [1.54, 1.807) is 17.2 Å². The summed E-state index contributed by atoms with van der Waals surface area (Å²) in [6, 6.07) is 0. The van der Waals surface area contributed by atoms with Gasteiger partial charge in [-0.15, -0.1) is 5.10 Å². The fourth-order valence-electron chi connectivity index (χ4n) is 1.62. The molecule has 0 fully saturated rings. The number of aromatic nitrogens is 5. The van der Waals surface area contributed by atoms with E-state index in [9.17, 15) is 4.79 Å². The van der Waals surface area contributed by atoms with Gasteiger partial charge < -0.3 is 15.6 Å². The molecule has 0 unspecified atom stereocenters. The Kier molecular flexibility index (Phi) is 4.62. The van der Waals surface area contributed by atoms with E-state index in [1.807, 2.05) is 17.0 Å². The fourth-order valence-corrected chi connectivity index (χ4v) is 1.62. The molecule has 0 saturated heterocycles. The Labute approximate surface area is 110 Å². The molecule has 0 aliphatic heterocycles. The fraction of sp³-hybridized carbons (Fsp3) is 0.455. The number of carbonyl (C=O) groups is 1. The highest BCUT2D eigenvalue weighted by Gasteiger charge is 2.02. The summed E-state index contributed by atoms with van der Waals surface area (Å²) in [5.74, 6) is -0.199. The van der Waals surface area contributed by atoms with Gasteiger partial charge in [0.1, 0.15) is 5.69 Å². The third kappa shape index (κ3) is 4.18. The molecule has 0 saturated carbocycles. The maximum Gasteiger partial charge on any atom is 0.234 e. The van der Waals surface area contributed by atoms with Gasteiger partial charge in [0.25, 0.3) is 0 Å². The standard InChI is InChI=1S/C11H17N7O/c12-6-11(19)14-7-10-8-18(16-15-10)4-1-3-17-5-2-13-9-17/h2,5,8-9H,1,3-4,6-7,12H2,(H,14,19). The van der Waals surface area contributed by atoms with E-state index in [2.05, 4.69) is 20.6 Å². The first-order chi connectivity index (χ1) is 9.28. The molecule has 8 nitrogen and oxygen atoms in total. The smallest absolute Gasteiger partial charge is 0.234 e. The van der Waals surface area contributed by atoms with Crippen LogP contribution in [0.2, 0.25) is 0 Å². The summed E-state index contributed by atoms with van der Waals surface area (Å²) >= 11 is 0. The molecule has 2 aromatic rings. The van der Waals surface area contributed by atoms with Crippen LogP contribution in [-0.4, -0.2) is 37.0 Å². The second kappa shape index (κ2) is 6.64. The molecule has 0 bridgehead atoms. The molecule has 8 heteroatoms. The van der Waals surface area contributed by atoms with Gasteiger partial charge in [0.15, 0.2) is 0 Å². The average molecular weight is 263 g/mol. The van der Waals surface area contributed by atoms with Gasteiger partial charge >= 0.3 is 0 Å². The van der Waals surface area contributed by atoms with E-state index in [4.69, 9.17) is 5.73 Å². The van der Waals surface area contributed by atoms with E-state index in [0.29, 0.717) is 6.54 Å². The predicted molar refractivity (Wildman–Crippen MR) is 67.8 cm³/mol. The Morgan fingerprint density at radius 2 is 2.32 bits per heavy atom. The first-order valence-electron chi connectivity index (χ1n) is 6.09. The summed E-state index contributed by atoms with van der Waals surface area (Å²) in [5, 5.41) is 10.6. The minimum atomic E-state index is -0.199. The first-order valence-corrected chi connectivity index (χ1v) is 6.09. The number of rotatable bonds is 7. The van der Waals surface area contributed by atoms with Crippen molar-refractivity contribution >= 4 is 5.91 Å². The maximum absolute atomic E-state index is 11.0. The van der Waals surface area contributed by atoms with Gasteiger partial charge in [0, 0.05) is 25.5 Å². The third-order valence-electron chi connectivity index (χ3n) is 2.60. The highest BCUT2D eigenvalue weighted by Crippen LogP contribution is 1.97. The number of aryl methyl sites for hydroxylation is 2. The molecule has 2 rings (SSSR count). The highest BCUT2D eigenvalue weighted by molar-refractivity contribution is 5.77. The normalized spacial score (nSPS) is 10.6. The molecule has 3 N–H and O–H groups in total. The number of carbonyl (C=O) groups excluding carboxylic acids is 1. The van der Waals surface area contributed by atoms with Crippen LogP contribution in [0, 0.1) is 0 Å². The van der Waals surface area contributed by atoms with Gasteiger partial charge in [-0.25, -0.2) is 4.98 Å². The zero-order valence-electron chi connectivity index (χ0n) is 10.6. The average Bonchev–Trinajstić information content (AvgIpc) is 3.07. The molecule has 19 heavy (non-hydrogen) atoms. The SMILES string of the molecule is NCC(=O)NCc1cn(CCCn2ccnc2)nn1. The Bertz CT molecular complexity index is 505. The summed E-state index contributed by atoms with van der Waals surface area (Å²) in [4.78, 5) is 15.0. The summed E-state index contributed by atoms with van der Waals surface area (Å²) in [6.45, 7) is 2.01. The second-order valence-electron chi connectivity index (χ2n) is 4.11. The number of nitrogens with zero attached hydrogens (tertiary/aromatic N) is 5. The molecule has 2 heterocycles. The zero-order chi connectivity index (χ0) is 13.5. The van der Waals surface area contributed by atoms with Crippen LogP contribution in [0.4, 0.5) is 0 Å². The molecule has 0 spiro atoms. The number of hydrogen-bond acceptors (Lipinski definition) is 5. The second-order valence-corrected chi connectivity index (χ2v) is 4.11. The molecule has 0 aromatic carbocycles. The first kappa shape index (κ1) is 13.2. The van der Waals surface area contributed by atoms with Crippen molar-refractivity contribution in [2.45, 2.75) is 26.1 Å². The van der Waals surface area contributed by atoms with Crippen molar-refractivity contribution in [3.05, 3.63) is 30.6 Å². The van der Waals surface area contributed by atoms with Crippen molar-refractivity contribution in [1.29, 1.82) is 0 Å². The van der Waals surface area contributed by atoms with Crippen LogP contribution < -0.4 is 11.1 Å².